The molecule has 0 spiro atoms. The van der Waals surface area contributed by atoms with Gasteiger partial charge in [-0.3, -0.25) is 0 Å². The fourth-order valence-corrected chi connectivity index (χ4v) is 1.09. The summed E-state index contributed by atoms with van der Waals surface area (Å²) in [5.41, 5.74) is 7.03. The number of nitrogen functional groups attached to an aromatic ring is 2. The van der Waals surface area contributed by atoms with Crippen molar-refractivity contribution in [1.29, 1.82) is 0 Å². The second kappa shape index (κ2) is 3.52. The van der Waals surface area contributed by atoms with Crippen molar-refractivity contribution in [3.05, 3.63) is 17.2 Å². The molecule has 1 heterocycles. The standard InChI is InChI=1S/C7H6F5N3/c8-5(9)2-1-3(13)15-6(14)4(2)7(10,11)12/h1,5H,(H4,13,14,15). The number of pyridine rings is 1. The monoisotopic (exact) mass is 227 g/mol. The average molecular weight is 227 g/mol. The van der Waals surface area contributed by atoms with Crippen LogP contribution in [0.1, 0.15) is 17.6 Å². The second-order valence-corrected chi connectivity index (χ2v) is 2.70. The Labute approximate surface area is 80.9 Å². The molecule has 84 valence electrons. The van der Waals surface area contributed by atoms with Crippen molar-refractivity contribution in [3.63, 3.8) is 0 Å². The molecule has 0 saturated heterocycles. The number of hydrogen-bond donors (Lipinski definition) is 2. The largest absolute Gasteiger partial charge is 0.420 e. The third-order valence-corrected chi connectivity index (χ3v) is 1.62. The SMILES string of the molecule is Nc1cc(C(F)F)c(C(F)(F)F)c(N)n1. The molecule has 0 aliphatic heterocycles. The maximum absolute atomic E-state index is 12.3. The number of anilines is 2. The first-order valence-corrected chi connectivity index (χ1v) is 3.64. The number of nitrogens with two attached hydrogens (primary N) is 2. The smallest absolute Gasteiger partial charge is 0.384 e. The summed E-state index contributed by atoms with van der Waals surface area (Å²) in [6.07, 6.45) is -8.29. The zero-order chi connectivity index (χ0) is 11.8. The van der Waals surface area contributed by atoms with Crippen LogP contribution in [0.5, 0.6) is 0 Å². The van der Waals surface area contributed by atoms with Gasteiger partial charge in [-0.2, -0.15) is 13.2 Å². The van der Waals surface area contributed by atoms with Crippen LogP contribution >= 0.6 is 0 Å². The van der Waals surface area contributed by atoms with E-state index < -0.39 is 35.4 Å². The van der Waals surface area contributed by atoms with Gasteiger partial charge in [0, 0.05) is 5.56 Å². The fraction of sp³-hybridized carbons (Fsp3) is 0.286. The van der Waals surface area contributed by atoms with E-state index in [-0.39, 0.29) is 0 Å². The van der Waals surface area contributed by atoms with E-state index in [0.29, 0.717) is 6.07 Å². The predicted octanol–water partition coefficient (Wildman–Crippen LogP) is 2.20. The van der Waals surface area contributed by atoms with Crippen molar-refractivity contribution in [3.8, 4) is 0 Å². The zero-order valence-corrected chi connectivity index (χ0v) is 7.15. The topological polar surface area (TPSA) is 64.9 Å². The molecule has 1 aromatic rings. The van der Waals surface area contributed by atoms with Crippen molar-refractivity contribution >= 4 is 11.6 Å². The summed E-state index contributed by atoms with van der Waals surface area (Å²) in [4.78, 5) is 3.09. The first-order chi connectivity index (χ1) is 6.73. The number of hydrogen-bond acceptors (Lipinski definition) is 3. The Morgan fingerprint density at radius 2 is 1.73 bits per heavy atom. The molecule has 0 fully saturated rings. The van der Waals surface area contributed by atoms with Gasteiger partial charge < -0.3 is 11.5 Å². The second-order valence-electron chi connectivity index (χ2n) is 2.70. The quantitative estimate of drug-likeness (QED) is 0.723. The zero-order valence-electron chi connectivity index (χ0n) is 7.15. The van der Waals surface area contributed by atoms with Crippen LogP contribution in [0.2, 0.25) is 0 Å². The molecule has 8 heteroatoms. The molecule has 3 nitrogen and oxygen atoms in total. The van der Waals surface area contributed by atoms with E-state index in [0.717, 1.165) is 0 Å². The maximum Gasteiger partial charge on any atom is 0.420 e. The molecular formula is C7H6F5N3. The Bertz CT molecular complexity index is 374. The van der Waals surface area contributed by atoms with Crippen LogP contribution in [-0.4, -0.2) is 4.98 Å². The molecule has 1 aromatic heterocycles. The van der Waals surface area contributed by atoms with E-state index in [4.69, 9.17) is 11.5 Å². The number of aromatic nitrogens is 1. The van der Waals surface area contributed by atoms with E-state index in [1.54, 1.807) is 0 Å². The predicted molar refractivity (Wildman–Crippen MR) is 43.0 cm³/mol. The minimum absolute atomic E-state index is 0.462. The van der Waals surface area contributed by atoms with E-state index in [2.05, 4.69) is 4.98 Å². The number of halogens is 5. The molecule has 0 bridgehead atoms. The van der Waals surface area contributed by atoms with E-state index in [1.807, 2.05) is 0 Å². The molecule has 0 radical (unpaired) electrons. The van der Waals surface area contributed by atoms with Crippen molar-refractivity contribution in [2.24, 2.45) is 0 Å². The average Bonchev–Trinajstić information content (AvgIpc) is 1.99. The molecule has 0 aromatic carbocycles. The van der Waals surface area contributed by atoms with Gasteiger partial charge in [0.2, 0.25) is 0 Å². The molecule has 0 saturated carbocycles. The van der Waals surface area contributed by atoms with Crippen LogP contribution in [0, 0.1) is 0 Å². The van der Waals surface area contributed by atoms with Gasteiger partial charge >= 0.3 is 6.18 Å². The molecule has 0 aliphatic carbocycles. The maximum atomic E-state index is 12.3. The van der Waals surface area contributed by atoms with Crippen LogP contribution in [0.15, 0.2) is 6.07 Å². The third kappa shape index (κ3) is 2.25. The number of nitrogens with zero attached hydrogens (tertiary/aromatic N) is 1. The van der Waals surface area contributed by atoms with Crippen molar-refractivity contribution in [1.82, 2.24) is 4.98 Å². The van der Waals surface area contributed by atoms with Crippen LogP contribution in [0.4, 0.5) is 33.6 Å². The summed E-state index contributed by atoms with van der Waals surface area (Å²) >= 11 is 0. The summed E-state index contributed by atoms with van der Waals surface area (Å²) in [5.74, 6) is -1.52. The van der Waals surface area contributed by atoms with Crippen molar-refractivity contribution in [2.75, 3.05) is 11.5 Å². The van der Waals surface area contributed by atoms with Crippen LogP contribution in [-0.2, 0) is 6.18 Å². The number of rotatable bonds is 1. The Hall–Kier alpha value is -1.60. The molecular weight excluding hydrogens is 221 g/mol. The lowest BCUT2D eigenvalue weighted by molar-refractivity contribution is -0.139. The van der Waals surface area contributed by atoms with Crippen molar-refractivity contribution in [2.45, 2.75) is 12.6 Å². The van der Waals surface area contributed by atoms with Gasteiger partial charge in [-0.1, -0.05) is 0 Å². The minimum Gasteiger partial charge on any atom is -0.384 e. The highest BCUT2D eigenvalue weighted by Crippen LogP contribution is 2.39. The Kier molecular flexibility index (Phi) is 2.69. The van der Waals surface area contributed by atoms with E-state index in [1.165, 1.54) is 0 Å². The Balaban J connectivity index is 3.48. The Morgan fingerprint density at radius 1 is 1.20 bits per heavy atom. The minimum atomic E-state index is -4.98. The molecule has 1 rings (SSSR count). The first-order valence-electron chi connectivity index (χ1n) is 3.64. The van der Waals surface area contributed by atoms with Gasteiger partial charge in [0.15, 0.2) is 0 Å². The Morgan fingerprint density at radius 3 is 2.13 bits per heavy atom. The summed E-state index contributed by atoms with van der Waals surface area (Å²) in [7, 11) is 0. The highest BCUT2D eigenvalue weighted by Gasteiger charge is 2.39. The van der Waals surface area contributed by atoms with E-state index >= 15 is 0 Å². The van der Waals surface area contributed by atoms with Gasteiger partial charge in [0.25, 0.3) is 6.43 Å². The highest BCUT2D eigenvalue weighted by atomic mass is 19.4. The molecule has 0 amide bonds. The number of alkyl halides is 5. The molecule has 4 N–H and O–H groups in total. The lowest BCUT2D eigenvalue weighted by Crippen LogP contribution is -2.15. The summed E-state index contributed by atoms with van der Waals surface area (Å²) in [6.45, 7) is 0. The highest BCUT2D eigenvalue weighted by molar-refractivity contribution is 5.53. The normalized spacial score (nSPS) is 12.1. The summed E-state index contributed by atoms with van der Waals surface area (Å²) in [6, 6.07) is 0.462. The molecule has 0 aliphatic rings. The van der Waals surface area contributed by atoms with Gasteiger partial charge in [-0.05, 0) is 6.07 Å². The first kappa shape index (κ1) is 11.5. The summed E-state index contributed by atoms with van der Waals surface area (Å²) < 4.78 is 61.5. The lowest BCUT2D eigenvalue weighted by Gasteiger charge is -2.14. The lowest BCUT2D eigenvalue weighted by atomic mass is 10.1. The van der Waals surface area contributed by atoms with Crippen LogP contribution in [0.3, 0.4) is 0 Å². The molecule has 0 atom stereocenters. The third-order valence-electron chi connectivity index (χ3n) is 1.62. The van der Waals surface area contributed by atoms with Gasteiger partial charge in [0.1, 0.15) is 17.2 Å². The van der Waals surface area contributed by atoms with Crippen LogP contribution in [0.25, 0.3) is 0 Å². The van der Waals surface area contributed by atoms with Crippen molar-refractivity contribution < 1.29 is 22.0 Å². The summed E-state index contributed by atoms with van der Waals surface area (Å²) in [5, 5.41) is 0. The van der Waals surface area contributed by atoms with Crippen LogP contribution < -0.4 is 11.5 Å². The fourth-order valence-electron chi connectivity index (χ4n) is 1.09. The van der Waals surface area contributed by atoms with Gasteiger partial charge in [0.05, 0.1) is 0 Å². The van der Waals surface area contributed by atoms with Gasteiger partial charge in [-0.15, -0.1) is 0 Å². The molecule has 0 unspecified atom stereocenters. The molecule has 15 heavy (non-hydrogen) atoms. The van der Waals surface area contributed by atoms with Gasteiger partial charge in [-0.25, -0.2) is 13.8 Å². The van der Waals surface area contributed by atoms with E-state index in [9.17, 15) is 22.0 Å².